The number of para-hydroxylation sites is 1. The number of amides is 4. The largest absolute Gasteiger partial charge is 0.394 e. The number of fused-ring (bicyclic) bond motifs is 5. The zero-order valence-corrected chi connectivity index (χ0v) is 59.3. The van der Waals surface area contributed by atoms with E-state index in [9.17, 15) is 74.7 Å². The summed E-state index contributed by atoms with van der Waals surface area (Å²) in [6.07, 6.45) is -30.9. The lowest BCUT2D eigenvalue weighted by atomic mass is 9.93. The molecule has 0 radical (unpaired) electrons. The van der Waals surface area contributed by atoms with Gasteiger partial charge in [0.1, 0.15) is 110 Å². The average Bonchev–Trinajstić information content (AvgIpc) is 1.75. The Labute approximate surface area is 599 Å². The van der Waals surface area contributed by atoms with Crippen molar-refractivity contribution < 1.29 is 136 Å². The van der Waals surface area contributed by atoms with Gasteiger partial charge in [0.25, 0.3) is 0 Å². The van der Waals surface area contributed by atoms with Gasteiger partial charge in [-0.05, 0) is 44.1 Å². The fourth-order valence-electron chi connectivity index (χ4n) is 12.7. The highest BCUT2D eigenvalue weighted by molar-refractivity contribution is 8.00. The van der Waals surface area contributed by atoms with Crippen LogP contribution in [-0.4, -0.2) is 310 Å². The summed E-state index contributed by atoms with van der Waals surface area (Å²) in [5, 5.41) is 116. The molecular weight excluding hydrogens is 1380 g/mol. The fraction of sp³-hybridized carbons (Fsp3) is 0.701. The highest BCUT2D eigenvalue weighted by Crippen LogP contribution is 2.42. The number of Topliss-reactive ketones (excluding diaryl/α,β-unsaturated/α-hetero) is 2. The molecule has 8 rings (SSSR count). The first kappa shape index (κ1) is 82.9. The lowest BCUT2D eigenvalue weighted by Gasteiger charge is -2.50. The van der Waals surface area contributed by atoms with Crippen molar-refractivity contribution in [1.29, 1.82) is 0 Å². The third-order valence-electron chi connectivity index (χ3n) is 17.8. The average molecular weight is 1480 g/mol. The molecule has 4 fully saturated rings. The second kappa shape index (κ2) is 40.3. The monoisotopic (exact) mass is 1480 g/mol. The zero-order chi connectivity index (χ0) is 74.6. The molecule has 1 aromatic heterocycles. The van der Waals surface area contributed by atoms with Crippen molar-refractivity contribution in [3.63, 3.8) is 0 Å². The van der Waals surface area contributed by atoms with E-state index in [-0.39, 0.29) is 101 Å². The van der Waals surface area contributed by atoms with E-state index in [1.807, 2.05) is 69.3 Å². The molecule has 576 valence electrons. The van der Waals surface area contributed by atoms with Gasteiger partial charge in [-0.15, -0.1) is 16.9 Å². The molecule has 103 heavy (non-hydrogen) atoms. The Morgan fingerprint density at radius 1 is 0.621 bits per heavy atom. The number of aliphatic hydroxyl groups excluding tert-OH is 9. The van der Waals surface area contributed by atoms with Gasteiger partial charge in [0.15, 0.2) is 37.2 Å². The Bertz CT molecular complexity index is 3210. The summed E-state index contributed by atoms with van der Waals surface area (Å²) in [5.74, 6) is -1.70. The van der Waals surface area contributed by atoms with Crippen LogP contribution in [-0.2, 0) is 103 Å². The highest BCUT2D eigenvalue weighted by atomic mass is 32.2. The van der Waals surface area contributed by atoms with Crippen molar-refractivity contribution in [2.75, 3.05) is 84.5 Å². The number of nitrogens with one attached hydrogen (secondary N) is 3. The van der Waals surface area contributed by atoms with Crippen molar-refractivity contribution in [2.45, 2.75) is 220 Å². The molecule has 3 aromatic rings. The summed E-state index contributed by atoms with van der Waals surface area (Å²) in [4.78, 5) is 80.6. The smallest absolute Gasteiger partial charge is 0.233 e. The van der Waals surface area contributed by atoms with Gasteiger partial charge < -0.3 is 128 Å². The number of hydrogen-bond donors (Lipinski definition) is 12. The summed E-state index contributed by atoms with van der Waals surface area (Å²) >= 11 is 1.54. The predicted octanol–water partition coefficient (Wildman–Crippen LogP) is -2.57. The van der Waals surface area contributed by atoms with Crippen LogP contribution in [0.15, 0.2) is 48.5 Å². The number of carbonyl (C=O) groups excluding carboxylic acids is 6. The number of aromatic nitrogens is 3. The van der Waals surface area contributed by atoms with Crippen molar-refractivity contribution in [1.82, 2.24) is 30.9 Å². The number of ketones is 2. The van der Waals surface area contributed by atoms with Crippen LogP contribution < -0.4 is 20.9 Å². The fourth-order valence-corrected chi connectivity index (χ4v) is 13.8. The number of anilines is 1. The van der Waals surface area contributed by atoms with Crippen LogP contribution in [0, 0.1) is 0 Å². The van der Waals surface area contributed by atoms with E-state index in [0.717, 1.165) is 37.6 Å². The van der Waals surface area contributed by atoms with Crippen molar-refractivity contribution in [2.24, 2.45) is 0 Å². The molecule has 4 amide bonds. The summed E-state index contributed by atoms with van der Waals surface area (Å²) in [6, 6.07) is 12.2. The molecule has 36 heteroatoms. The van der Waals surface area contributed by atoms with E-state index in [4.69, 9.17) is 61.6 Å². The van der Waals surface area contributed by atoms with Gasteiger partial charge in [-0.3, -0.25) is 28.8 Å². The normalized spacial score (nSPS) is 30.3. The summed E-state index contributed by atoms with van der Waals surface area (Å²) in [7, 11) is 2.37. The van der Waals surface area contributed by atoms with Crippen molar-refractivity contribution in [3.8, 4) is 22.5 Å². The van der Waals surface area contributed by atoms with Crippen LogP contribution in [0.5, 0.6) is 0 Å². The van der Waals surface area contributed by atoms with Gasteiger partial charge in [-0.2, -0.15) is 0 Å². The number of methoxy groups -OCH3 is 2. The number of carbonyl (C=O) groups is 6. The molecule has 2 aromatic carbocycles. The molecule has 0 aliphatic carbocycles. The van der Waals surface area contributed by atoms with Crippen LogP contribution in [0.25, 0.3) is 22.5 Å². The van der Waals surface area contributed by atoms with E-state index in [0.29, 0.717) is 42.1 Å². The number of thioether (sulfide) groups is 1. The Morgan fingerprint density at radius 3 is 1.80 bits per heavy atom. The summed E-state index contributed by atoms with van der Waals surface area (Å²) < 4.78 is 76.5. The topological polar surface area (TPSA) is 475 Å². The Balaban J connectivity index is 0.815. The third-order valence-corrected chi connectivity index (χ3v) is 19.3. The molecule has 21 atom stereocenters. The lowest BCUT2D eigenvalue weighted by Crippen LogP contribution is -2.70. The molecule has 4 saturated heterocycles. The molecule has 0 bridgehead atoms. The molecule has 0 spiro atoms. The number of aliphatic hydroxyl groups is 9. The molecule has 35 nitrogen and oxygen atoms in total. The maximum absolute atomic E-state index is 14.2. The van der Waals surface area contributed by atoms with Crippen LogP contribution in [0.4, 0.5) is 5.69 Å². The zero-order valence-electron chi connectivity index (χ0n) is 58.5. The van der Waals surface area contributed by atoms with Crippen molar-refractivity contribution >= 4 is 52.6 Å². The number of ether oxygens (including phenoxy) is 13. The van der Waals surface area contributed by atoms with Crippen LogP contribution in [0.3, 0.4) is 0 Å². The quantitative estimate of drug-likeness (QED) is 0.0207. The maximum atomic E-state index is 14.2. The first-order valence-corrected chi connectivity index (χ1v) is 35.4. The molecule has 5 aliphatic rings. The van der Waals surface area contributed by atoms with E-state index in [2.05, 4.69) is 26.3 Å². The minimum Gasteiger partial charge on any atom is -0.394 e. The van der Waals surface area contributed by atoms with Crippen molar-refractivity contribution in [3.05, 3.63) is 54.1 Å². The summed E-state index contributed by atoms with van der Waals surface area (Å²) in [5.41, 5.74) is 4.33. The Kier molecular flexibility index (Phi) is 32.4. The highest BCUT2D eigenvalue weighted by Gasteiger charge is 2.57. The molecule has 9 unspecified atom stereocenters. The minimum absolute atomic E-state index is 0.00754. The number of benzene rings is 2. The van der Waals surface area contributed by atoms with Gasteiger partial charge in [0.2, 0.25) is 23.6 Å². The number of nitrogens with zero attached hydrogens (tertiary/aromatic N) is 4. The molecule has 0 saturated carbocycles. The maximum Gasteiger partial charge on any atom is 0.233 e. The second-order valence-electron chi connectivity index (χ2n) is 25.5. The predicted molar refractivity (Wildman–Crippen MR) is 358 cm³/mol. The first-order chi connectivity index (χ1) is 49.5. The van der Waals surface area contributed by atoms with E-state index < -0.39 is 160 Å². The SMILES string of the molecule is CCC(SCCCC(=O)CCC(=O)N1Cc2ccccc2-c2nnn(CCOCCOCCOCCC(=O)C3O[C@@H](O[C@@H]4C(NC(C)=O)[C@H](O[C@@H]5C(OCO)OC(O[C@H]6[C@H](O)C(CO)OC(OC)[C@H]6NC(C)=O)[C@@H](O)[C@H]5O)OC(CO)[C@H]4O)C(O)[C@@H](O)[C@@H]3OC)c2-c2ccccc21)C(=O)NC(C)C. The van der Waals surface area contributed by atoms with Gasteiger partial charge in [0, 0.05) is 70.9 Å². The van der Waals surface area contributed by atoms with E-state index in [1.54, 1.807) is 9.58 Å². The van der Waals surface area contributed by atoms with Crippen LogP contribution in [0.2, 0.25) is 0 Å². The molecule has 12 N–H and O–H groups in total. The van der Waals surface area contributed by atoms with Crippen LogP contribution in [0.1, 0.15) is 78.7 Å². The first-order valence-electron chi connectivity index (χ1n) is 34.3. The van der Waals surface area contributed by atoms with E-state index in [1.165, 1.54) is 18.9 Å². The number of rotatable bonds is 38. The van der Waals surface area contributed by atoms with Gasteiger partial charge in [0.05, 0.1) is 82.6 Å². The Morgan fingerprint density at radius 2 is 1.19 bits per heavy atom. The number of hydrogen-bond acceptors (Lipinski definition) is 31. The standard InChI is InChI=1S/C67H99N7O28S/c1-8-45(62(89)68-34(2)3)103-29-13-15-38(80)19-20-46(82)73-30-37-14-9-10-16-39(37)47-50(40-17-11-12-18-41(40)73)74(72-71-47)22-24-93-26-28-94-27-25-92-23-21-42(81)57-60(90-6)53(85)55(87)65(98-57)99-59-49(70-36(5)79)64(97-44(32-76)52(59)84)101-61-54(86)56(88)66(102-67(61)95-33-77)100-58-48(69-35(4)78)63(91-7)96-43(31-75)51(58)83/h9-12,14,16-18,34,43-45,48-49,51-61,63-67,75-77,83-88H,8,13,15,19-33H2,1-7H3,(H,68,89)(H,69,78)(H,70,79)/t43?,44?,45?,48-,49?,51+,52+,53+,54+,55?,56-,57?,58+,59+,60-,61-,63?,64-,65-,66?,67?/m0/s1. The van der Waals surface area contributed by atoms with Gasteiger partial charge in [-0.25, -0.2) is 4.68 Å². The van der Waals surface area contributed by atoms with Gasteiger partial charge >= 0.3 is 0 Å². The molecule has 6 heterocycles. The van der Waals surface area contributed by atoms with E-state index >= 15 is 0 Å². The van der Waals surface area contributed by atoms with Crippen LogP contribution >= 0.6 is 11.8 Å². The molecular formula is C67H99N7O28S. The minimum atomic E-state index is -2.13. The third kappa shape index (κ3) is 21.3. The molecule has 5 aliphatic heterocycles. The summed E-state index contributed by atoms with van der Waals surface area (Å²) in [6.45, 7) is 6.22. The van der Waals surface area contributed by atoms with Gasteiger partial charge in [-0.1, -0.05) is 54.6 Å². The lowest BCUT2D eigenvalue weighted by molar-refractivity contribution is -0.403. The second-order valence-corrected chi connectivity index (χ2v) is 26.8. The Hall–Kier alpha value is -5.73.